The van der Waals surface area contributed by atoms with E-state index in [1.54, 1.807) is 0 Å². The van der Waals surface area contributed by atoms with Gasteiger partial charge in [-0.2, -0.15) is 0 Å². The highest BCUT2D eigenvalue weighted by Crippen LogP contribution is 1.94. The molecular formula is C9H19N3O2. The average molecular weight is 201 g/mol. The molecule has 0 bridgehead atoms. The Bertz CT molecular complexity index is 167. The predicted octanol–water partition coefficient (Wildman–Crippen LogP) is -1.61. The van der Waals surface area contributed by atoms with Gasteiger partial charge in [-0.05, 0) is 19.5 Å². The Hall–Kier alpha value is -0.650. The maximum atomic E-state index is 11.3. The van der Waals surface area contributed by atoms with Crippen LogP contribution < -0.4 is 10.6 Å². The van der Waals surface area contributed by atoms with Gasteiger partial charge in [0.05, 0.1) is 13.2 Å². The molecule has 5 nitrogen and oxygen atoms in total. The second-order valence-electron chi connectivity index (χ2n) is 3.45. The van der Waals surface area contributed by atoms with Crippen LogP contribution in [0.15, 0.2) is 0 Å². The number of aliphatic hydroxyl groups is 1. The first-order chi connectivity index (χ1) is 6.83. The van der Waals surface area contributed by atoms with Gasteiger partial charge in [0.2, 0.25) is 5.91 Å². The van der Waals surface area contributed by atoms with Crippen LogP contribution in [0.3, 0.4) is 0 Å². The van der Waals surface area contributed by atoms with Crippen LogP contribution in [0.4, 0.5) is 0 Å². The van der Waals surface area contributed by atoms with Crippen LogP contribution in [0.1, 0.15) is 6.42 Å². The Balaban J connectivity index is 2.17. The molecule has 0 aromatic carbocycles. The van der Waals surface area contributed by atoms with Gasteiger partial charge >= 0.3 is 0 Å². The fraction of sp³-hybridized carbons (Fsp3) is 0.889. The third kappa shape index (κ3) is 4.55. The molecule has 1 heterocycles. The lowest BCUT2D eigenvalue weighted by Crippen LogP contribution is -2.39. The van der Waals surface area contributed by atoms with Crippen LogP contribution in [0.5, 0.6) is 0 Å². The molecule has 0 aromatic rings. The minimum atomic E-state index is 0.000880. The van der Waals surface area contributed by atoms with Crippen molar-refractivity contribution >= 4 is 5.91 Å². The van der Waals surface area contributed by atoms with Crippen molar-refractivity contribution in [2.75, 3.05) is 45.9 Å². The number of hydrogen-bond acceptors (Lipinski definition) is 4. The van der Waals surface area contributed by atoms with Gasteiger partial charge in [0, 0.05) is 19.6 Å². The molecule has 1 aliphatic heterocycles. The molecule has 0 aromatic heterocycles. The van der Waals surface area contributed by atoms with Crippen molar-refractivity contribution in [1.82, 2.24) is 15.5 Å². The molecule has 0 atom stereocenters. The van der Waals surface area contributed by atoms with E-state index in [1.165, 1.54) is 0 Å². The second-order valence-corrected chi connectivity index (χ2v) is 3.45. The number of carbonyl (C=O) groups excluding carboxylic acids is 1. The standard InChI is InChI=1S/C9H19N3O2/c13-7-4-11-9(14)8-12-5-1-2-10-3-6-12/h10,13H,1-8H2,(H,11,14). The van der Waals surface area contributed by atoms with E-state index in [-0.39, 0.29) is 12.5 Å². The Labute approximate surface area is 84.5 Å². The molecule has 82 valence electrons. The van der Waals surface area contributed by atoms with E-state index in [0.717, 1.165) is 32.6 Å². The van der Waals surface area contributed by atoms with Crippen LogP contribution in [0, 0.1) is 0 Å². The van der Waals surface area contributed by atoms with Crippen molar-refractivity contribution in [2.45, 2.75) is 6.42 Å². The van der Waals surface area contributed by atoms with Crippen LogP contribution in [0.2, 0.25) is 0 Å². The maximum absolute atomic E-state index is 11.3. The summed E-state index contributed by atoms with van der Waals surface area (Å²) >= 11 is 0. The van der Waals surface area contributed by atoms with Crippen molar-refractivity contribution in [1.29, 1.82) is 0 Å². The molecular weight excluding hydrogens is 182 g/mol. The van der Waals surface area contributed by atoms with Gasteiger partial charge in [0.15, 0.2) is 0 Å². The molecule has 3 N–H and O–H groups in total. The zero-order valence-corrected chi connectivity index (χ0v) is 8.46. The summed E-state index contributed by atoms with van der Waals surface area (Å²) in [6.45, 7) is 4.69. The number of aliphatic hydroxyl groups excluding tert-OH is 1. The van der Waals surface area contributed by atoms with Gasteiger partial charge in [-0.3, -0.25) is 9.69 Å². The summed E-state index contributed by atoms with van der Waals surface area (Å²) in [5.74, 6) is 0.000880. The van der Waals surface area contributed by atoms with Crippen molar-refractivity contribution in [3.8, 4) is 0 Å². The quantitative estimate of drug-likeness (QED) is 0.512. The Morgan fingerprint density at radius 2 is 2.29 bits per heavy atom. The smallest absolute Gasteiger partial charge is 0.234 e. The highest BCUT2D eigenvalue weighted by Gasteiger charge is 2.11. The predicted molar refractivity (Wildman–Crippen MR) is 54.0 cm³/mol. The molecule has 0 radical (unpaired) electrons. The summed E-state index contributed by atoms with van der Waals surface area (Å²) in [5.41, 5.74) is 0. The van der Waals surface area contributed by atoms with Gasteiger partial charge in [-0.1, -0.05) is 0 Å². The Kier molecular flexibility index (Phi) is 5.51. The third-order valence-electron chi connectivity index (χ3n) is 2.23. The lowest BCUT2D eigenvalue weighted by Gasteiger charge is -2.18. The molecule has 1 aliphatic rings. The first kappa shape index (κ1) is 11.4. The minimum absolute atomic E-state index is 0.000880. The van der Waals surface area contributed by atoms with Crippen LogP contribution in [-0.4, -0.2) is 61.8 Å². The van der Waals surface area contributed by atoms with Crippen LogP contribution >= 0.6 is 0 Å². The normalized spacial score (nSPS) is 18.9. The Morgan fingerprint density at radius 3 is 3.07 bits per heavy atom. The molecule has 14 heavy (non-hydrogen) atoms. The molecule has 1 rings (SSSR count). The van der Waals surface area contributed by atoms with Crippen molar-refractivity contribution in [3.63, 3.8) is 0 Å². The molecule has 0 saturated carbocycles. The molecule has 5 heteroatoms. The summed E-state index contributed by atoms with van der Waals surface area (Å²) in [7, 11) is 0. The highest BCUT2D eigenvalue weighted by atomic mass is 16.3. The monoisotopic (exact) mass is 201 g/mol. The van der Waals surface area contributed by atoms with E-state index in [9.17, 15) is 4.79 Å². The van der Waals surface area contributed by atoms with Gasteiger partial charge in [-0.15, -0.1) is 0 Å². The van der Waals surface area contributed by atoms with E-state index in [0.29, 0.717) is 13.1 Å². The average Bonchev–Trinajstić information content (AvgIpc) is 2.43. The topological polar surface area (TPSA) is 64.6 Å². The third-order valence-corrected chi connectivity index (χ3v) is 2.23. The number of amides is 1. The summed E-state index contributed by atoms with van der Waals surface area (Å²) in [6.07, 6.45) is 1.09. The van der Waals surface area contributed by atoms with Gasteiger partial charge < -0.3 is 15.7 Å². The lowest BCUT2D eigenvalue weighted by atomic mass is 10.4. The highest BCUT2D eigenvalue weighted by molar-refractivity contribution is 5.77. The molecule has 0 aliphatic carbocycles. The molecule has 1 amide bonds. The van der Waals surface area contributed by atoms with E-state index in [4.69, 9.17) is 5.11 Å². The van der Waals surface area contributed by atoms with Gasteiger partial charge in [-0.25, -0.2) is 0 Å². The van der Waals surface area contributed by atoms with Crippen molar-refractivity contribution in [2.24, 2.45) is 0 Å². The number of carbonyl (C=O) groups is 1. The molecule has 0 spiro atoms. The minimum Gasteiger partial charge on any atom is -0.395 e. The summed E-state index contributed by atoms with van der Waals surface area (Å²) in [4.78, 5) is 13.4. The fourth-order valence-corrected chi connectivity index (χ4v) is 1.51. The number of nitrogens with zero attached hydrogens (tertiary/aromatic N) is 1. The first-order valence-electron chi connectivity index (χ1n) is 5.13. The fourth-order valence-electron chi connectivity index (χ4n) is 1.51. The van der Waals surface area contributed by atoms with E-state index in [1.807, 2.05) is 0 Å². The molecule has 1 saturated heterocycles. The summed E-state index contributed by atoms with van der Waals surface area (Å²) < 4.78 is 0. The lowest BCUT2D eigenvalue weighted by molar-refractivity contribution is -0.122. The molecule has 0 unspecified atom stereocenters. The largest absolute Gasteiger partial charge is 0.395 e. The summed E-state index contributed by atoms with van der Waals surface area (Å²) in [6, 6.07) is 0. The first-order valence-corrected chi connectivity index (χ1v) is 5.13. The SMILES string of the molecule is O=C(CN1CCCNCC1)NCCO. The van der Waals surface area contributed by atoms with Crippen molar-refractivity contribution < 1.29 is 9.90 Å². The summed E-state index contributed by atoms with van der Waals surface area (Å²) in [5, 5.41) is 14.5. The number of nitrogens with one attached hydrogen (secondary N) is 2. The van der Waals surface area contributed by atoms with E-state index >= 15 is 0 Å². The Morgan fingerprint density at radius 1 is 1.43 bits per heavy atom. The van der Waals surface area contributed by atoms with E-state index < -0.39 is 0 Å². The van der Waals surface area contributed by atoms with Crippen molar-refractivity contribution in [3.05, 3.63) is 0 Å². The van der Waals surface area contributed by atoms with Gasteiger partial charge in [0.1, 0.15) is 0 Å². The second kappa shape index (κ2) is 6.75. The van der Waals surface area contributed by atoms with Gasteiger partial charge in [0.25, 0.3) is 0 Å². The maximum Gasteiger partial charge on any atom is 0.234 e. The van der Waals surface area contributed by atoms with Crippen LogP contribution in [-0.2, 0) is 4.79 Å². The zero-order valence-electron chi connectivity index (χ0n) is 8.46. The molecule has 1 fully saturated rings. The van der Waals surface area contributed by atoms with Crippen LogP contribution in [0.25, 0.3) is 0 Å². The zero-order chi connectivity index (χ0) is 10.2. The van der Waals surface area contributed by atoms with E-state index in [2.05, 4.69) is 15.5 Å². The number of rotatable bonds is 4. The number of hydrogen-bond donors (Lipinski definition) is 3.